The number of hydrogen-bond acceptors (Lipinski definition) is 2. The second-order valence-corrected chi connectivity index (χ2v) is 3.62. The lowest BCUT2D eigenvalue weighted by atomic mass is 10.1. The Balaban J connectivity index is 2.11. The predicted octanol–water partition coefficient (Wildman–Crippen LogP) is 2.79. The number of allylic oxidation sites excluding steroid dienone is 2. The van der Waals surface area contributed by atoms with E-state index in [-0.39, 0.29) is 6.09 Å². The molecular weight excluding hydrogens is 190 g/mol. The lowest BCUT2D eigenvalue weighted by Crippen LogP contribution is -2.25. The summed E-state index contributed by atoms with van der Waals surface area (Å²) < 4.78 is 5.06. The molecule has 0 aliphatic heterocycles. The molecule has 1 aliphatic rings. The molecule has 1 amide bonds. The van der Waals surface area contributed by atoms with Gasteiger partial charge in [-0.1, -0.05) is 31.6 Å². The van der Waals surface area contributed by atoms with E-state index in [2.05, 4.69) is 24.4 Å². The van der Waals surface area contributed by atoms with Crippen LogP contribution >= 0.6 is 0 Å². The minimum atomic E-state index is -0.316. The van der Waals surface area contributed by atoms with Crippen LogP contribution in [0.15, 0.2) is 23.8 Å². The molecule has 1 rings (SSSR count). The van der Waals surface area contributed by atoms with Crippen LogP contribution in [-0.2, 0) is 4.74 Å². The van der Waals surface area contributed by atoms with Gasteiger partial charge in [-0.05, 0) is 24.8 Å². The maximum atomic E-state index is 11.2. The van der Waals surface area contributed by atoms with Gasteiger partial charge in [-0.25, -0.2) is 4.79 Å². The number of alkyl carbamates (subject to hydrolysis) is 1. The van der Waals surface area contributed by atoms with Crippen molar-refractivity contribution in [2.24, 2.45) is 0 Å². The van der Waals surface area contributed by atoms with Crippen molar-refractivity contribution in [3.8, 4) is 0 Å². The molecule has 84 valence electrons. The molecule has 0 aromatic rings. The average Bonchev–Trinajstić information content (AvgIpc) is 2.28. The highest BCUT2D eigenvalue weighted by molar-refractivity contribution is 5.67. The van der Waals surface area contributed by atoms with Crippen LogP contribution in [0.2, 0.25) is 0 Å². The summed E-state index contributed by atoms with van der Waals surface area (Å²) in [5.74, 6) is 0. The van der Waals surface area contributed by atoms with E-state index >= 15 is 0 Å². The molecule has 3 heteroatoms. The van der Waals surface area contributed by atoms with Crippen molar-refractivity contribution >= 4 is 6.09 Å². The van der Waals surface area contributed by atoms with E-state index in [0.717, 1.165) is 31.3 Å². The maximum Gasteiger partial charge on any atom is 0.407 e. The van der Waals surface area contributed by atoms with Crippen molar-refractivity contribution in [2.45, 2.75) is 32.6 Å². The Morgan fingerprint density at radius 2 is 2.40 bits per heavy atom. The molecule has 0 atom stereocenters. The number of unbranched alkanes of at least 4 members (excludes halogenated alkanes) is 1. The van der Waals surface area contributed by atoms with Gasteiger partial charge in [0.25, 0.3) is 0 Å². The molecule has 0 unspecified atom stereocenters. The van der Waals surface area contributed by atoms with Gasteiger partial charge < -0.3 is 10.1 Å². The molecule has 0 bridgehead atoms. The van der Waals surface area contributed by atoms with Crippen LogP contribution in [0.4, 0.5) is 4.79 Å². The number of rotatable bonds is 5. The average molecular weight is 209 g/mol. The van der Waals surface area contributed by atoms with Gasteiger partial charge in [0.15, 0.2) is 0 Å². The number of carbonyl (C=O) groups excluding carboxylic acids is 1. The number of hydrogen-bond donors (Lipinski definition) is 1. The van der Waals surface area contributed by atoms with Crippen molar-refractivity contribution < 1.29 is 9.53 Å². The van der Waals surface area contributed by atoms with Gasteiger partial charge in [0.2, 0.25) is 0 Å². The third-order valence-electron chi connectivity index (χ3n) is 2.24. The van der Waals surface area contributed by atoms with Crippen LogP contribution in [0, 0.1) is 0 Å². The summed E-state index contributed by atoms with van der Waals surface area (Å²) in [4.78, 5) is 11.2. The maximum absolute atomic E-state index is 11.2. The van der Waals surface area contributed by atoms with E-state index in [9.17, 15) is 4.79 Å². The van der Waals surface area contributed by atoms with E-state index < -0.39 is 0 Å². The Morgan fingerprint density at radius 3 is 3.07 bits per heavy atom. The second-order valence-electron chi connectivity index (χ2n) is 3.62. The van der Waals surface area contributed by atoms with Gasteiger partial charge >= 0.3 is 6.09 Å². The van der Waals surface area contributed by atoms with E-state index in [0.29, 0.717) is 13.2 Å². The summed E-state index contributed by atoms with van der Waals surface area (Å²) in [7, 11) is 0. The Kier molecular flexibility index (Phi) is 5.59. The van der Waals surface area contributed by atoms with E-state index in [1.54, 1.807) is 0 Å². The minimum absolute atomic E-state index is 0.316. The highest BCUT2D eigenvalue weighted by atomic mass is 16.5. The fourth-order valence-electron chi connectivity index (χ4n) is 1.34. The zero-order chi connectivity index (χ0) is 10.9. The first-order chi connectivity index (χ1) is 7.33. The SMILES string of the molecule is CCCCNC(=O)OCC1=CCCC=C1. The lowest BCUT2D eigenvalue weighted by Gasteiger charge is -2.09. The first-order valence-corrected chi connectivity index (χ1v) is 5.59. The number of carbonyl (C=O) groups is 1. The van der Waals surface area contributed by atoms with E-state index in [1.807, 2.05) is 6.08 Å². The van der Waals surface area contributed by atoms with Crippen LogP contribution in [0.25, 0.3) is 0 Å². The Bertz CT molecular complexity index is 256. The van der Waals surface area contributed by atoms with Crippen LogP contribution in [0.1, 0.15) is 32.6 Å². The number of amides is 1. The topological polar surface area (TPSA) is 38.3 Å². The molecule has 0 fully saturated rings. The molecule has 0 saturated heterocycles. The van der Waals surface area contributed by atoms with Gasteiger partial charge in [0, 0.05) is 6.54 Å². The molecular formula is C12H19NO2. The molecule has 0 spiro atoms. The highest BCUT2D eigenvalue weighted by Crippen LogP contribution is 2.09. The largest absolute Gasteiger partial charge is 0.445 e. The predicted molar refractivity (Wildman–Crippen MR) is 60.7 cm³/mol. The third kappa shape index (κ3) is 5.25. The van der Waals surface area contributed by atoms with Crippen molar-refractivity contribution in [2.75, 3.05) is 13.2 Å². The smallest absolute Gasteiger partial charge is 0.407 e. The van der Waals surface area contributed by atoms with Crippen molar-refractivity contribution in [1.82, 2.24) is 5.32 Å². The number of ether oxygens (including phenoxy) is 1. The van der Waals surface area contributed by atoms with Crippen molar-refractivity contribution in [1.29, 1.82) is 0 Å². The lowest BCUT2D eigenvalue weighted by molar-refractivity contribution is 0.156. The Hall–Kier alpha value is -1.25. The second kappa shape index (κ2) is 7.10. The first-order valence-electron chi connectivity index (χ1n) is 5.59. The van der Waals surface area contributed by atoms with Gasteiger partial charge in [-0.2, -0.15) is 0 Å². The Labute approximate surface area is 91.2 Å². The fourth-order valence-corrected chi connectivity index (χ4v) is 1.34. The fraction of sp³-hybridized carbons (Fsp3) is 0.583. The van der Waals surface area contributed by atoms with Crippen molar-refractivity contribution in [3.63, 3.8) is 0 Å². The quantitative estimate of drug-likeness (QED) is 0.707. The molecule has 15 heavy (non-hydrogen) atoms. The van der Waals surface area contributed by atoms with Gasteiger partial charge in [0.1, 0.15) is 6.61 Å². The standard InChI is InChI=1S/C12H19NO2/c1-2-3-9-13-12(14)15-10-11-7-5-4-6-8-11/h5,7-8H,2-4,6,9-10H2,1H3,(H,13,14). The van der Waals surface area contributed by atoms with Crippen LogP contribution < -0.4 is 5.32 Å². The molecule has 0 saturated carbocycles. The summed E-state index contributed by atoms with van der Waals surface area (Å²) in [5.41, 5.74) is 1.09. The molecule has 0 aromatic heterocycles. The molecule has 0 radical (unpaired) electrons. The van der Waals surface area contributed by atoms with Crippen LogP contribution in [-0.4, -0.2) is 19.2 Å². The molecule has 0 heterocycles. The zero-order valence-electron chi connectivity index (χ0n) is 9.29. The summed E-state index contributed by atoms with van der Waals surface area (Å²) in [6, 6.07) is 0. The monoisotopic (exact) mass is 209 g/mol. The normalized spacial score (nSPS) is 14.6. The molecule has 1 N–H and O–H groups in total. The molecule has 3 nitrogen and oxygen atoms in total. The molecule has 0 aromatic carbocycles. The first kappa shape index (κ1) is 11.8. The van der Waals surface area contributed by atoms with Gasteiger partial charge in [-0.15, -0.1) is 0 Å². The van der Waals surface area contributed by atoms with Crippen LogP contribution in [0.3, 0.4) is 0 Å². The Morgan fingerprint density at radius 1 is 1.53 bits per heavy atom. The number of nitrogens with one attached hydrogen (secondary N) is 1. The summed E-state index contributed by atoms with van der Waals surface area (Å²) in [5, 5.41) is 2.71. The van der Waals surface area contributed by atoms with E-state index in [4.69, 9.17) is 4.74 Å². The van der Waals surface area contributed by atoms with Gasteiger partial charge in [0.05, 0.1) is 0 Å². The third-order valence-corrected chi connectivity index (χ3v) is 2.24. The van der Waals surface area contributed by atoms with Gasteiger partial charge in [-0.3, -0.25) is 0 Å². The minimum Gasteiger partial charge on any atom is -0.445 e. The highest BCUT2D eigenvalue weighted by Gasteiger charge is 2.03. The summed E-state index contributed by atoms with van der Waals surface area (Å²) in [6.07, 6.45) is 10.1. The van der Waals surface area contributed by atoms with Crippen molar-refractivity contribution in [3.05, 3.63) is 23.8 Å². The zero-order valence-corrected chi connectivity index (χ0v) is 9.29. The van der Waals surface area contributed by atoms with Crippen LogP contribution in [0.5, 0.6) is 0 Å². The summed E-state index contributed by atoms with van der Waals surface area (Å²) in [6.45, 7) is 3.17. The molecule has 1 aliphatic carbocycles. The summed E-state index contributed by atoms with van der Waals surface area (Å²) >= 11 is 0. The van der Waals surface area contributed by atoms with E-state index in [1.165, 1.54) is 0 Å².